The zero-order valence-corrected chi connectivity index (χ0v) is 18.9. The number of amides is 1. The summed E-state index contributed by atoms with van der Waals surface area (Å²) in [5.41, 5.74) is 2.26. The van der Waals surface area contributed by atoms with Gasteiger partial charge in [0.2, 0.25) is 11.8 Å². The van der Waals surface area contributed by atoms with E-state index >= 15 is 0 Å². The first-order valence-electron chi connectivity index (χ1n) is 11.4. The van der Waals surface area contributed by atoms with Gasteiger partial charge in [0.15, 0.2) is 0 Å². The summed E-state index contributed by atoms with van der Waals surface area (Å²) in [6, 6.07) is 21.1. The minimum Gasteiger partial charge on any atom is -0.485 e. The van der Waals surface area contributed by atoms with Gasteiger partial charge in [-0.05, 0) is 48.2 Å². The number of aliphatic hydroxyl groups excluding tert-OH is 2. The van der Waals surface area contributed by atoms with E-state index < -0.39 is 0 Å². The predicted octanol–water partition coefficient (Wildman–Crippen LogP) is 3.17. The van der Waals surface area contributed by atoms with Gasteiger partial charge in [0.25, 0.3) is 0 Å². The highest BCUT2D eigenvalue weighted by molar-refractivity contribution is 5.91. The summed E-state index contributed by atoms with van der Waals surface area (Å²) in [6.07, 6.45) is 1.82. The van der Waals surface area contributed by atoms with Gasteiger partial charge in [-0.1, -0.05) is 36.4 Å². The molecule has 0 saturated carbocycles. The second-order valence-corrected chi connectivity index (χ2v) is 8.06. The molecule has 178 valence electrons. The largest absolute Gasteiger partial charge is 0.485 e. The zero-order chi connectivity index (χ0) is 23.8. The maximum Gasteiger partial charge on any atom is 0.239 e. The Hall–Kier alpha value is -3.46. The van der Waals surface area contributed by atoms with Gasteiger partial charge in [-0.25, -0.2) is 0 Å². The Labute approximate surface area is 198 Å². The number of aliphatic hydroxyl groups is 2. The van der Waals surface area contributed by atoms with Crippen molar-refractivity contribution < 1.29 is 24.5 Å². The van der Waals surface area contributed by atoms with Crippen molar-refractivity contribution in [3.05, 3.63) is 77.9 Å². The lowest BCUT2D eigenvalue weighted by Gasteiger charge is -2.26. The van der Waals surface area contributed by atoms with Gasteiger partial charge in [-0.3, -0.25) is 9.69 Å². The molecule has 3 N–H and O–H groups in total. The van der Waals surface area contributed by atoms with E-state index in [4.69, 9.17) is 19.7 Å². The number of hydrogen-bond acceptors (Lipinski definition) is 7. The highest BCUT2D eigenvalue weighted by Gasteiger charge is 2.21. The zero-order valence-electron chi connectivity index (χ0n) is 18.9. The number of benzene rings is 2. The molecule has 4 rings (SSSR count). The van der Waals surface area contributed by atoms with Crippen molar-refractivity contribution in [3.63, 3.8) is 0 Å². The van der Waals surface area contributed by atoms with Crippen LogP contribution in [0.1, 0.15) is 23.7 Å². The number of pyridine rings is 1. The van der Waals surface area contributed by atoms with Crippen molar-refractivity contribution in [2.75, 3.05) is 38.2 Å². The van der Waals surface area contributed by atoms with Gasteiger partial charge >= 0.3 is 0 Å². The van der Waals surface area contributed by atoms with Crippen molar-refractivity contribution in [2.45, 2.75) is 18.9 Å². The molecule has 8 heteroatoms. The van der Waals surface area contributed by atoms with E-state index in [0.717, 1.165) is 24.2 Å². The lowest BCUT2D eigenvalue weighted by atomic mass is 9.97. The highest BCUT2D eigenvalue weighted by atomic mass is 16.5. The summed E-state index contributed by atoms with van der Waals surface area (Å²) in [6.45, 7) is 0.473. The fraction of sp³-hybridized carbons (Fsp3) is 0.308. The maximum absolute atomic E-state index is 12.3. The van der Waals surface area contributed by atoms with Crippen molar-refractivity contribution in [1.29, 1.82) is 0 Å². The lowest BCUT2D eigenvalue weighted by Crippen LogP contribution is -2.37. The molecule has 2 heterocycles. The number of aromatic nitrogens is 1. The van der Waals surface area contributed by atoms with Gasteiger partial charge in [0.1, 0.15) is 23.4 Å². The van der Waals surface area contributed by atoms with Gasteiger partial charge in [-0.15, -0.1) is 0 Å². The van der Waals surface area contributed by atoms with Gasteiger partial charge in [0.05, 0.1) is 19.8 Å². The van der Waals surface area contributed by atoms with Gasteiger partial charge in [-0.2, -0.15) is 4.98 Å². The number of carbonyl (C=O) groups excluding carboxylic acids is 1. The second kappa shape index (κ2) is 11.6. The van der Waals surface area contributed by atoms with Crippen LogP contribution in [-0.4, -0.2) is 58.9 Å². The number of anilines is 1. The molecule has 1 aliphatic heterocycles. The van der Waals surface area contributed by atoms with Crippen LogP contribution < -0.4 is 14.8 Å². The van der Waals surface area contributed by atoms with Crippen molar-refractivity contribution in [1.82, 2.24) is 9.88 Å². The van der Waals surface area contributed by atoms with Crippen LogP contribution in [0.4, 0.5) is 5.82 Å². The number of fused-ring (bicyclic) bond motifs is 1. The minimum absolute atomic E-state index is 0.0443. The standard InChI is InChI=1S/C26H29N3O5/c30-15-13-29(14-16-31)18-25(32)27-24-7-4-8-26(28-24)33-21-10-12-23-20(17-21)9-11-22(34-23)19-5-2-1-3-6-19/h1-8,10,12,17,22,30-31H,9,11,13-16,18H2,(H,27,28,32). The third-order valence-electron chi connectivity index (χ3n) is 5.56. The Kier molecular flexibility index (Phi) is 8.08. The molecule has 0 aliphatic carbocycles. The third-order valence-corrected chi connectivity index (χ3v) is 5.56. The molecule has 1 aromatic heterocycles. The number of carbonyl (C=O) groups is 1. The van der Waals surface area contributed by atoms with Crippen LogP contribution in [0.5, 0.6) is 17.4 Å². The second-order valence-electron chi connectivity index (χ2n) is 8.06. The average Bonchev–Trinajstić information content (AvgIpc) is 2.85. The molecule has 2 aromatic carbocycles. The number of rotatable bonds is 10. The van der Waals surface area contributed by atoms with E-state index in [9.17, 15) is 4.79 Å². The number of nitrogens with one attached hydrogen (secondary N) is 1. The monoisotopic (exact) mass is 463 g/mol. The normalized spacial score (nSPS) is 14.9. The summed E-state index contributed by atoms with van der Waals surface area (Å²) in [4.78, 5) is 18.3. The maximum atomic E-state index is 12.3. The Bertz CT molecular complexity index is 1090. The van der Waals surface area contributed by atoms with Crippen molar-refractivity contribution in [2.24, 2.45) is 0 Å². The van der Waals surface area contributed by atoms with E-state index in [1.807, 2.05) is 36.4 Å². The minimum atomic E-state index is -0.287. The quantitative estimate of drug-likeness (QED) is 0.424. The Morgan fingerprint density at radius 2 is 1.85 bits per heavy atom. The molecule has 0 fully saturated rings. The fourth-order valence-corrected chi connectivity index (χ4v) is 3.93. The van der Waals surface area contributed by atoms with E-state index in [0.29, 0.717) is 30.5 Å². The molecule has 34 heavy (non-hydrogen) atoms. The molecule has 0 radical (unpaired) electrons. The Morgan fingerprint density at radius 3 is 2.62 bits per heavy atom. The topological polar surface area (TPSA) is 104 Å². The molecule has 0 spiro atoms. The number of ether oxygens (including phenoxy) is 2. The summed E-state index contributed by atoms with van der Waals surface area (Å²) in [5, 5.41) is 20.9. The van der Waals surface area contributed by atoms with E-state index in [2.05, 4.69) is 22.4 Å². The summed E-state index contributed by atoms with van der Waals surface area (Å²) < 4.78 is 12.1. The van der Waals surface area contributed by atoms with Crippen LogP contribution in [0, 0.1) is 0 Å². The average molecular weight is 464 g/mol. The fourth-order valence-electron chi connectivity index (χ4n) is 3.93. The summed E-state index contributed by atoms with van der Waals surface area (Å²) in [7, 11) is 0. The molecule has 0 saturated heterocycles. The molecule has 1 aliphatic rings. The third kappa shape index (κ3) is 6.32. The first-order valence-corrected chi connectivity index (χ1v) is 11.4. The van der Waals surface area contributed by atoms with Crippen LogP contribution in [0.15, 0.2) is 66.7 Å². The molecule has 1 amide bonds. The molecular formula is C26H29N3O5. The molecule has 0 bridgehead atoms. The molecule has 1 atom stereocenters. The SMILES string of the molecule is O=C(CN(CCO)CCO)Nc1cccc(Oc2ccc3c(c2)CCC(c2ccccc2)O3)n1. The van der Waals surface area contributed by atoms with Gasteiger partial charge in [0, 0.05) is 19.2 Å². The van der Waals surface area contributed by atoms with E-state index in [1.165, 1.54) is 5.56 Å². The summed E-state index contributed by atoms with van der Waals surface area (Å²) >= 11 is 0. The van der Waals surface area contributed by atoms with Crippen LogP contribution in [-0.2, 0) is 11.2 Å². The van der Waals surface area contributed by atoms with Crippen LogP contribution >= 0.6 is 0 Å². The van der Waals surface area contributed by atoms with E-state index in [1.54, 1.807) is 23.1 Å². The molecule has 3 aromatic rings. The Balaban J connectivity index is 1.37. The molecular weight excluding hydrogens is 434 g/mol. The van der Waals surface area contributed by atoms with Crippen LogP contribution in [0.2, 0.25) is 0 Å². The van der Waals surface area contributed by atoms with Crippen molar-refractivity contribution in [3.8, 4) is 17.4 Å². The predicted molar refractivity (Wildman–Crippen MR) is 128 cm³/mol. The summed E-state index contributed by atoms with van der Waals surface area (Å²) in [5.74, 6) is 1.94. The highest BCUT2D eigenvalue weighted by Crippen LogP contribution is 2.37. The number of hydrogen-bond donors (Lipinski definition) is 3. The molecule has 8 nitrogen and oxygen atoms in total. The number of nitrogens with zero attached hydrogens (tertiary/aromatic N) is 2. The lowest BCUT2D eigenvalue weighted by molar-refractivity contribution is -0.117. The molecule has 1 unspecified atom stereocenters. The van der Waals surface area contributed by atoms with Crippen molar-refractivity contribution >= 4 is 11.7 Å². The number of aryl methyl sites for hydroxylation is 1. The first-order chi connectivity index (χ1) is 16.6. The van der Waals surface area contributed by atoms with Crippen LogP contribution in [0.25, 0.3) is 0 Å². The smallest absolute Gasteiger partial charge is 0.239 e. The van der Waals surface area contributed by atoms with Gasteiger partial charge < -0.3 is 25.0 Å². The van der Waals surface area contributed by atoms with E-state index in [-0.39, 0.29) is 31.8 Å². The van der Waals surface area contributed by atoms with Crippen LogP contribution in [0.3, 0.4) is 0 Å². The Morgan fingerprint density at radius 1 is 1.06 bits per heavy atom. The first kappa shape index (κ1) is 23.7.